The minimum atomic E-state index is -1.03. The molecule has 0 bridgehead atoms. The highest BCUT2D eigenvalue weighted by molar-refractivity contribution is 5.68. The van der Waals surface area contributed by atoms with Gasteiger partial charge in [-0.2, -0.15) is 4.39 Å². The van der Waals surface area contributed by atoms with Crippen molar-refractivity contribution < 1.29 is 13.5 Å². The Labute approximate surface area is 90.1 Å². The number of nitrogens with one attached hydrogen (secondary N) is 1. The molecule has 1 heterocycles. The van der Waals surface area contributed by atoms with E-state index in [1.54, 1.807) is 0 Å². The van der Waals surface area contributed by atoms with Crippen molar-refractivity contribution in [2.75, 3.05) is 12.8 Å². The Morgan fingerprint density at radius 2 is 2.12 bits per heavy atom. The van der Waals surface area contributed by atoms with Crippen molar-refractivity contribution in [1.82, 2.24) is 9.97 Å². The smallest absolute Gasteiger partial charge is 0.201 e. The molecule has 4 nitrogen and oxygen atoms in total. The number of H-pyrrole nitrogens is 1. The van der Waals surface area contributed by atoms with Crippen LogP contribution in [0.15, 0.2) is 18.3 Å². The molecule has 0 spiro atoms. The molecule has 0 atom stereocenters. The molecule has 3 N–H and O–H groups in total. The first kappa shape index (κ1) is 10.4. The second-order valence-corrected chi connectivity index (χ2v) is 3.12. The average Bonchev–Trinajstić information content (AvgIpc) is 2.68. The molecule has 0 unspecified atom stereocenters. The highest BCUT2D eigenvalue weighted by atomic mass is 19.2. The van der Waals surface area contributed by atoms with Crippen LogP contribution in [0.3, 0.4) is 0 Å². The van der Waals surface area contributed by atoms with Crippen LogP contribution >= 0.6 is 0 Å². The van der Waals surface area contributed by atoms with Crippen molar-refractivity contribution in [3.63, 3.8) is 0 Å². The molecule has 0 radical (unpaired) electrons. The fourth-order valence-electron chi connectivity index (χ4n) is 1.42. The van der Waals surface area contributed by atoms with Gasteiger partial charge < -0.3 is 15.5 Å². The van der Waals surface area contributed by atoms with Gasteiger partial charge in [-0.25, -0.2) is 9.37 Å². The van der Waals surface area contributed by atoms with E-state index < -0.39 is 11.6 Å². The van der Waals surface area contributed by atoms with E-state index >= 15 is 0 Å². The number of nitrogen functional groups attached to an aromatic ring is 1. The predicted octanol–water partition coefficient (Wildman–Crippen LogP) is 1.95. The summed E-state index contributed by atoms with van der Waals surface area (Å²) in [6.07, 6.45) is 1.42. The van der Waals surface area contributed by atoms with Gasteiger partial charge in [0.05, 0.1) is 19.0 Å². The summed E-state index contributed by atoms with van der Waals surface area (Å²) in [5.74, 6) is -1.98. The van der Waals surface area contributed by atoms with E-state index in [0.717, 1.165) is 6.07 Å². The first-order chi connectivity index (χ1) is 7.63. The zero-order chi connectivity index (χ0) is 11.7. The number of halogens is 2. The van der Waals surface area contributed by atoms with Crippen LogP contribution in [-0.2, 0) is 0 Å². The second kappa shape index (κ2) is 3.80. The predicted molar refractivity (Wildman–Crippen MR) is 54.9 cm³/mol. The lowest BCUT2D eigenvalue weighted by atomic mass is 10.1. The van der Waals surface area contributed by atoms with Gasteiger partial charge in [0.2, 0.25) is 5.82 Å². The number of benzene rings is 1. The van der Waals surface area contributed by atoms with Crippen molar-refractivity contribution in [2.24, 2.45) is 0 Å². The van der Waals surface area contributed by atoms with E-state index in [2.05, 4.69) is 9.97 Å². The fraction of sp³-hybridized carbons (Fsp3) is 0.100. The lowest BCUT2D eigenvalue weighted by Gasteiger charge is -2.07. The van der Waals surface area contributed by atoms with Gasteiger partial charge in [0.1, 0.15) is 0 Å². The molecule has 1 aromatic carbocycles. The fourth-order valence-corrected chi connectivity index (χ4v) is 1.42. The van der Waals surface area contributed by atoms with E-state index in [1.807, 2.05) is 0 Å². The van der Waals surface area contributed by atoms with Crippen molar-refractivity contribution in [3.05, 3.63) is 30.0 Å². The highest BCUT2D eigenvalue weighted by Crippen LogP contribution is 2.32. The maximum absolute atomic E-state index is 13.4. The highest BCUT2D eigenvalue weighted by Gasteiger charge is 2.16. The van der Waals surface area contributed by atoms with Crippen LogP contribution in [0.25, 0.3) is 11.3 Å². The number of ether oxygens (including phenoxy) is 1. The molecule has 1 aromatic heterocycles. The standard InChI is InChI=1S/C10H9F2N3O/c1-16-9-5(2-3-6(11)8(9)12)7-4-14-10(13)15-7/h2-4H,1H3,(H3,13,14,15). The number of anilines is 1. The number of nitrogens with two attached hydrogens (primary N) is 1. The van der Waals surface area contributed by atoms with Crippen LogP contribution in [0.5, 0.6) is 5.75 Å². The van der Waals surface area contributed by atoms with Gasteiger partial charge in [0, 0.05) is 5.56 Å². The monoisotopic (exact) mass is 225 g/mol. The van der Waals surface area contributed by atoms with Crippen LogP contribution in [0, 0.1) is 11.6 Å². The number of imidazole rings is 1. The topological polar surface area (TPSA) is 63.9 Å². The number of nitrogens with zero attached hydrogens (tertiary/aromatic N) is 1. The maximum atomic E-state index is 13.4. The van der Waals surface area contributed by atoms with Crippen LogP contribution < -0.4 is 10.5 Å². The molecule has 0 saturated heterocycles. The molecule has 16 heavy (non-hydrogen) atoms. The first-order valence-corrected chi connectivity index (χ1v) is 4.46. The van der Waals surface area contributed by atoms with E-state index in [0.29, 0.717) is 11.3 Å². The van der Waals surface area contributed by atoms with E-state index in [4.69, 9.17) is 10.5 Å². The number of aromatic amines is 1. The van der Waals surface area contributed by atoms with Crippen molar-refractivity contribution in [1.29, 1.82) is 0 Å². The molecule has 0 amide bonds. The van der Waals surface area contributed by atoms with E-state index in [9.17, 15) is 8.78 Å². The van der Waals surface area contributed by atoms with E-state index in [1.165, 1.54) is 19.4 Å². The second-order valence-electron chi connectivity index (χ2n) is 3.12. The zero-order valence-electron chi connectivity index (χ0n) is 8.42. The Hall–Kier alpha value is -2.11. The Kier molecular flexibility index (Phi) is 2.47. The third-order valence-corrected chi connectivity index (χ3v) is 2.14. The average molecular weight is 225 g/mol. The minimum absolute atomic E-state index is 0.177. The third-order valence-electron chi connectivity index (χ3n) is 2.14. The van der Waals surface area contributed by atoms with Crippen molar-refractivity contribution in [2.45, 2.75) is 0 Å². The Morgan fingerprint density at radius 1 is 1.38 bits per heavy atom. The van der Waals surface area contributed by atoms with E-state index in [-0.39, 0.29) is 11.7 Å². The Balaban J connectivity index is 2.61. The third kappa shape index (κ3) is 1.58. The number of hydrogen-bond donors (Lipinski definition) is 2. The maximum Gasteiger partial charge on any atom is 0.201 e. The lowest BCUT2D eigenvalue weighted by Crippen LogP contribution is -1.95. The molecule has 0 aliphatic carbocycles. The zero-order valence-corrected chi connectivity index (χ0v) is 8.42. The molecular weight excluding hydrogens is 216 g/mol. The van der Waals surface area contributed by atoms with Crippen molar-refractivity contribution in [3.8, 4) is 17.0 Å². The SMILES string of the molecule is COc1c(-c2cnc(N)[nH]2)ccc(F)c1F. The van der Waals surface area contributed by atoms with Crippen LogP contribution in [0.2, 0.25) is 0 Å². The molecule has 0 fully saturated rings. The number of methoxy groups -OCH3 is 1. The summed E-state index contributed by atoms with van der Waals surface area (Å²) in [6, 6.07) is 2.41. The Bertz CT molecular complexity index is 525. The summed E-state index contributed by atoms with van der Waals surface area (Å²) in [7, 11) is 1.26. The summed E-state index contributed by atoms with van der Waals surface area (Å²) in [5.41, 5.74) is 6.23. The summed E-state index contributed by atoms with van der Waals surface area (Å²) in [6.45, 7) is 0. The van der Waals surface area contributed by atoms with Crippen LogP contribution in [0.4, 0.5) is 14.7 Å². The van der Waals surface area contributed by atoms with Gasteiger partial charge in [-0.05, 0) is 12.1 Å². The summed E-state index contributed by atoms with van der Waals surface area (Å²) in [4.78, 5) is 6.48. The van der Waals surface area contributed by atoms with Crippen LogP contribution in [-0.4, -0.2) is 17.1 Å². The van der Waals surface area contributed by atoms with Crippen LogP contribution in [0.1, 0.15) is 0 Å². The molecule has 0 aliphatic rings. The molecule has 2 rings (SSSR count). The molecule has 0 aliphatic heterocycles. The number of hydrogen-bond acceptors (Lipinski definition) is 3. The lowest BCUT2D eigenvalue weighted by molar-refractivity contribution is 0.373. The minimum Gasteiger partial charge on any atom is -0.493 e. The molecule has 2 aromatic rings. The molecule has 84 valence electrons. The van der Waals surface area contributed by atoms with Gasteiger partial charge in [-0.15, -0.1) is 0 Å². The summed E-state index contributed by atoms with van der Waals surface area (Å²) < 4.78 is 31.2. The summed E-state index contributed by atoms with van der Waals surface area (Å²) in [5, 5.41) is 0. The van der Waals surface area contributed by atoms with Gasteiger partial charge in [-0.3, -0.25) is 0 Å². The molecular formula is C10H9F2N3O. The van der Waals surface area contributed by atoms with Gasteiger partial charge in [0.15, 0.2) is 17.5 Å². The van der Waals surface area contributed by atoms with Crippen molar-refractivity contribution >= 4 is 5.95 Å². The first-order valence-electron chi connectivity index (χ1n) is 4.46. The normalized spacial score (nSPS) is 10.4. The Morgan fingerprint density at radius 3 is 2.69 bits per heavy atom. The van der Waals surface area contributed by atoms with Gasteiger partial charge in [-0.1, -0.05) is 0 Å². The summed E-state index contributed by atoms with van der Waals surface area (Å²) >= 11 is 0. The molecule has 0 saturated carbocycles. The van der Waals surface area contributed by atoms with Gasteiger partial charge in [0.25, 0.3) is 0 Å². The number of aromatic nitrogens is 2. The van der Waals surface area contributed by atoms with Gasteiger partial charge >= 0.3 is 0 Å². The number of rotatable bonds is 2. The largest absolute Gasteiger partial charge is 0.493 e. The molecule has 6 heteroatoms. The quantitative estimate of drug-likeness (QED) is 0.820.